The van der Waals surface area contributed by atoms with E-state index < -0.39 is 0 Å². The minimum atomic E-state index is 0.267. The van der Waals surface area contributed by atoms with Crippen LogP contribution in [0, 0.1) is 38.5 Å². The van der Waals surface area contributed by atoms with E-state index >= 15 is 0 Å². The monoisotopic (exact) mass is 229 g/mol. The van der Waals surface area contributed by atoms with Crippen molar-refractivity contribution in [2.75, 3.05) is 0 Å². The first-order chi connectivity index (χ1) is 8.06. The maximum atomic E-state index is 6.53. The fourth-order valence-corrected chi connectivity index (χ4v) is 4.01. The smallest absolute Gasteiger partial charge is 0.0329 e. The van der Waals surface area contributed by atoms with E-state index in [1.807, 2.05) is 0 Å². The normalized spacial score (nSPS) is 32.4. The van der Waals surface area contributed by atoms with Gasteiger partial charge in [0.2, 0.25) is 0 Å². The highest BCUT2D eigenvalue weighted by Gasteiger charge is 2.47. The minimum absolute atomic E-state index is 0.267. The van der Waals surface area contributed by atoms with Gasteiger partial charge in [0, 0.05) is 6.04 Å². The lowest BCUT2D eigenvalue weighted by molar-refractivity contribution is 0.402. The number of nitrogens with two attached hydrogens (primary N) is 1. The summed E-state index contributed by atoms with van der Waals surface area (Å²) in [6.45, 7) is 6.59. The molecule has 17 heavy (non-hydrogen) atoms. The lowest BCUT2D eigenvalue weighted by atomic mass is 9.85. The molecule has 92 valence electrons. The zero-order valence-corrected chi connectivity index (χ0v) is 11.2. The van der Waals surface area contributed by atoms with E-state index in [9.17, 15) is 0 Å². The van der Waals surface area contributed by atoms with Crippen molar-refractivity contribution in [3.05, 3.63) is 34.4 Å². The Morgan fingerprint density at radius 3 is 2.06 bits per heavy atom. The molecule has 2 aliphatic carbocycles. The minimum Gasteiger partial charge on any atom is -0.324 e. The Labute approximate surface area is 104 Å². The first kappa shape index (κ1) is 11.3. The Bertz CT molecular complexity index is 416. The Hall–Kier alpha value is -0.820. The van der Waals surface area contributed by atoms with Crippen molar-refractivity contribution in [2.24, 2.45) is 23.5 Å². The maximum absolute atomic E-state index is 6.53. The van der Waals surface area contributed by atoms with Crippen LogP contribution in [0.4, 0.5) is 0 Å². The Morgan fingerprint density at radius 2 is 1.53 bits per heavy atom. The van der Waals surface area contributed by atoms with Gasteiger partial charge < -0.3 is 5.73 Å². The van der Waals surface area contributed by atoms with Crippen LogP contribution in [0.2, 0.25) is 0 Å². The van der Waals surface area contributed by atoms with Gasteiger partial charge in [-0.25, -0.2) is 0 Å². The number of aryl methyl sites for hydroxylation is 3. The van der Waals surface area contributed by atoms with Crippen LogP contribution in [-0.4, -0.2) is 0 Å². The van der Waals surface area contributed by atoms with Crippen LogP contribution in [-0.2, 0) is 0 Å². The third-order valence-electron chi connectivity index (χ3n) is 4.86. The quantitative estimate of drug-likeness (QED) is 0.823. The van der Waals surface area contributed by atoms with Crippen LogP contribution in [0.25, 0.3) is 0 Å². The third kappa shape index (κ3) is 1.91. The van der Waals surface area contributed by atoms with Gasteiger partial charge in [0.25, 0.3) is 0 Å². The van der Waals surface area contributed by atoms with E-state index in [-0.39, 0.29) is 6.04 Å². The summed E-state index contributed by atoms with van der Waals surface area (Å²) in [4.78, 5) is 0. The van der Waals surface area contributed by atoms with Gasteiger partial charge in [-0.05, 0) is 74.5 Å². The Morgan fingerprint density at radius 1 is 1.00 bits per heavy atom. The largest absolute Gasteiger partial charge is 0.324 e. The van der Waals surface area contributed by atoms with Crippen molar-refractivity contribution >= 4 is 0 Å². The summed E-state index contributed by atoms with van der Waals surface area (Å²) in [5, 5.41) is 0. The maximum Gasteiger partial charge on any atom is 0.0329 e. The van der Waals surface area contributed by atoms with Crippen LogP contribution in [0.15, 0.2) is 12.1 Å². The molecule has 2 saturated carbocycles. The molecular weight excluding hydrogens is 206 g/mol. The number of rotatable bonds is 2. The van der Waals surface area contributed by atoms with Gasteiger partial charge in [0.05, 0.1) is 0 Å². The van der Waals surface area contributed by atoms with Gasteiger partial charge in [-0.3, -0.25) is 0 Å². The van der Waals surface area contributed by atoms with Crippen LogP contribution in [0.1, 0.15) is 47.6 Å². The first-order valence-electron chi connectivity index (χ1n) is 6.89. The summed E-state index contributed by atoms with van der Waals surface area (Å²) in [5.41, 5.74) is 12.1. The van der Waals surface area contributed by atoms with E-state index in [0.717, 1.165) is 17.8 Å². The third-order valence-corrected chi connectivity index (χ3v) is 4.86. The van der Waals surface area contributed by atoms with Crippen molar-refractivity contribution < 1.29 is 0 Å². The molecule has 3 unspecified atom stereocenters. The average Bonchev–Trinajstić information content (AvgIpc) is 2.84. The van der Waals surface area contributed by atoms with Gasteiger partial charge in [0.1, 0.15) is 0 Å². The molecule has 1 heteroatoms. The second-order valence-electron chi connectivity index (χ2n) is 6.33. The summed E-state index contributed by atoms with van der Waals surface area (Å²) in [6, 6.07) is 4.82. The standard InChI is InChI=1S/C16H23N/c1-9-4-10(2)15(11(3)5-9)16(17)14-7-12-6-13(12)8-14/h4-5,12-14,16H,6-8,17H2,1-3H3. The number of benzene rings is 1. The van der Waals surface area contributed by atoms with E-state index in [4.69, 9.17) is 5.73 Å². The molecular formula is C16H23N. The Kier molecular flexibility index (Phi) is 2.55. The van der Waals surface area contributed by atoms with Crippen molar-refractivity contribution in [1.82, 2.24) is 0 Å². The van der Waals surface area contributed by atoms with Gasteiger partial charge >= 0.3 is 0 Å². The number of hydrogen-bond acceptors (Lipinski definition) is 1. The second-order valence-corrected chi connectivity index (χ2v) is 6.33. The summed E-state index contributed by atoms with van der Waals surface area (Å²) in [6.07, 6.45) is 4.23. The van der Waals surface area contributed by atoms with Gasteiger partial charge in [0.15, 0.2) is 0 Å². The van der Waals surface area contributed by atoms with E-state index in [1.165, 1.54) is 41.5 Å². The molecule has 1 nitrogen and oxygen atoms in total. The van der Waals surface area contributed by atoms with Gasteiger partial charge in [-0.2, -0.15) is 0 Å². The molecule has 0 spiro atoms. The van der Waals surface area contributed by atoms with Gasteiger partial charge in [-0.15, -0.1) is 0 Å². The van der Waals surface area contributed by atoms with Crippen molar-refractivity contribution in [1.29, 1.82) is 0 Å². The van der Waals surface area contributed by atoms with Crippen molar-refractivity contribution in [3.63, 3.8) is 0 Å². The number of hydrogen-bond donors (Lipinski definition) is 1. The second kappa shape index (κ2) is 3.84. The molecule has 3 atom stereocenters. The molecule has 0 saturated heterocycles. The first-order valence-corrected chi connectivity index (χ1v) is 6.89. The summed E-state index contributed by atoms with van der Waals surface area (Å²) < 4.78 is 0. The fraction of sp³-hybridized carbons (Fsp3) is 0.625. The fourth-order valence-electron chi connectivity index (χ4n) is 4.01. The lowest BCUT2D eigenvalue weighted by Crippen LogP contribution is -2.22. The molecule has 0 amide bonds. The topological polar surface area (TPSA) is 26.0 Å². The molecule has 2 fully saturated rings. The van der Waals surface area contributed by atoms with E-state index in [2.05, 4.69) is 32.9 Å². The predicted molar refractivity (Wildman–Crippen MR) is 71.9 cm³/mol. The molecule has 0 bridgehead atoms. The van der Waals surface area contributed by atoms with E-state index in [1.54, 1.807) is 0 Å². The molecule has 0 aromatic heterocycles. The lowest BCUT2D eigenvalue weighted by Gasteiger charge is -2.25. The predicted octanol–water partition coefficient (Wildman–Crippen LogP) is 3.66. The van der Waals surface area contributed by atoms with Crippen LogP contribution in [0.5, 0.6) is 0 Å². The molecule has 3 rings (SSSR count). The Balaban J connectivity index is 1.87. The van der Waals surface area contributed by atoms with Crippen molar-refractivity contribution in [3.8, 4) is 0 Å². The molecule has 0 heterocycles. The van der Waals surface area contributed by atoms with Crippen LogP contribution in [0.3, 0.4) is 0 Å². The molecule has 1 aromatic rings. The molecule has 2 aliphatic rings. The summed E-state index contributed by atoms with van der Waals surface area (Å²) in [7, 11) is 0. The highest BCUT2D eigenvalue weighted by molar-refractivity contribution is 5.40. The molecule has 2 N–H and O–H groups in total. The van der Waals surface area contributed by atoms with Crippen LogP contribution < -0.4 is 5.73 Å². The average molecular weight is 229 g/mol. The van der Waals surface area contributed by atoms with E-state index in [0.29, 0.717) is 0 Å². The zero-order valence-electron chi connectivity index (χ0n) is 11.2. The number of fused-ring (bicyclic) bond motifs is 1. The highest BCUT2D eigenvalue weighted by Crippen LogP contribution is 2.57. The summed E-state index contributed by atoms with van der Waals surface area (Å²) >= 11 is 0. The van der Waals surface area contributed by atoms with Crippen molar-refractivity contribution in [2.45, 2.75) is 46.1 Å². The van der Waals surface area contributed by atoms with Crippen LogP contribution >= 0.6 is 0 Å². The molecule has 1 aromatic carbocycles. The summed E-state index contributed by atoms with van der Waals surface area (Å²) in [5.74, 6) is 2.79. The SMILES string of the molecule is Cc1cc(C)c(C(N)C2CC3CC3C2)c(C)c1. The highest BCUT2D eigenvalue weighted by atomic mass is 14.7. The molecule has 0 aliphatic heterocycles. The molecule has 0 radical (unpaired) electrons. The zero-order chi connectivity index (χ0) is 12.2. The van der Waals surface area contributed by atoms with Gasteiger partial charge in [-0.1, -0.05) is 17.7 Å².